The fourth-order valence-electron chi connectivity index (χ4n) is 3.21. The van der Waals surface area contributed by atoms with Gasteiger partial charge in [0.15, 0.2) is 12.4 Å². The Morgan fingerprint density at radius 3 is 2.03 bits per heavy atom. The molecule has 1 fully saturated rings. The highest BCUT2D eigenvalue weighted by atomic mass is 32.2. The van der Waals surface area contributed by atoms with Crippen LogP contribution in [0.5, 0.6) is 0 Å². The first kappa shape index (κ1) is 29.8. The molecule has 3 unspecified atom stereocenters. The van der Waals surface area contributed by atoms with Crippen LogP contribution in [-0.4, -0.2) is 53.1 Å². The number of thioether (sulfide) groups is 2. The molecular formula is C28H36O6S2. The zero-order valence-electron chi connectivity index (χ0n) is 21.4. The van der Waals surface area contributed by atoms with Gasteiger partial charge in [0.1, 0.15) is 12.7 Å². The molecule has 8 heteroatoms. The molecule has 196 valence electrons. The highest BCUT2D eigenvalue weighted by molar-refractivity contribution is 8.20. The summed E-state index contributed by atoms with van der Waals surface area (Å²) in [6, 6.07) is 19.1. The number of allylic oxidation sites excluding steroid dienone is 1. The van der Waals surface area contributed by atoms with Gasteiger partial charge in [0.05, 0.1) is 15.9 Å². The summed E-state index contributed by atoms with van der Waals surface area (Å²) < 4.78 is 22.8. The van der Waals surface area contributed by atoms with Crippen LogP contribution in [0.15, 0.2) is 73.0 Å². The van der Waals surface area contributed by atoms with E-state index in [1.165, 1.54) is 12.5 Å². The van der Waals surface area contributed by atoms with Gasteiger partial charge in [0.25, 0.3) is 0 Å². The van der Waals surface area contributed by atoms with Gasteiger partial charge in [-0.15, -0.1) is 23.5 Å². The second-order valence-corrected chi connectivity index (χ2v) is 10.9. The number of rotatable bonds is 11. The zero-order chi connectivity index (χ0) is 26.3. The van der Waals surface area contributed by atoms with Crippen molar-refractivity contribution < 1.29 is 28.5 Å². The van der Waals surface area contributed by atoms with Gasteiger partial charge in [0.2, 0.25) is 0 Å². The van der Waals surface area contributed by atoms with Crippen LogP contribution in [0.4, 0.5) is 0 Å². The summed E-state index contributed by atoms with van der Waals surface area (Å²) in [4.78, 5) is 24.2. The largest absolute Gasteiger partial charge is 0.470 e. The van der Waals surface area contributed by atoms with Gasteiger partial charge >= 0.3 is 11.9 Å². The molecule has 1 saturated heterocycles. The number of hydrogen-bond donors (Lipinski definition) is 0. The Hall–Kier alpha value is -2.42. The van der Waals surface area contributed by atoms with E-state index in [9.17, 15) is 9.59 Å². The third kappa shape index (κ3) is 11.1. The SMILES string of the molecule is C=C(C)OC(CC)OC(COC(C)=O)C(OC(=O)c1ccccc1)C1SCCS1.Cc1ccccc1. The summed E-state index contributed by atoms with van der Waals surface area (Å²) in [5, 5.41) is 0. The Morgan fingerprint density at radius 1 is 0.972 bits per heavy atom. The van der Waals surface area contributed by atoms with Crippen molar-refractivity contribution in [3.05, 3.63) is 84.1 Å². The van der Waals surface area contributed by atoms with Crippen LogP contribution in [0.3, 0.4) is 0 Å². The summed E-state index contributed by atoms with van der Waals surface area (Å²) in [5.74, 6) is 1.56. The molecule has 1 aliphatic rings. The van der Waals surface area contributed by atoms with Crippen molar-refractivity contribution in [3.8, 4) is 0 Å². The second-order valence-electron chi connectivity index (χ2n) is 8.14. The highest BCUT2D eigenvalue weighted by Crippen LogP contribution is 2.38. The lowest BCUT2D eigenvalue weighted by Gasteiger charge is -2.32. The Bertz CT molecular complexity index is 932. The third-order valence-corrected chi connectivity index (χ3v) is 8.07. The first-order valence-corrected chi connectivity index (χ1v) is 14.0. The molecule has 0 amide bonds. The van der Waals surface area contributed by atoms with Crippen LogP contribution in [0.2, 0.25) is 0 Å². The van der Waals surface area contributed by atoms with Crippen LogP contribution in [0.25, 0.3) is 0 Å². The molecule has 1 aliphatic heterocycles. The lowest BCUT2D eigenvalue weighted by Crippen LogP contribution is -2.44. The van der Waals surface area contributed by atoms with Crippen LogP contribution in [0.1, 0.15) is 43.1 Å². The van der Waals surface area contributed by atoms with Crippen molar-refractivity contribution in [1.29, 1.82) is 0 Å². The van der Waals surface area contributed by atoms with Gasteiger partial charge in [0, 0.05) is 24.9 Å². The topological polar surface area (TPSA) is 71.1 Å². The average Bonchev–Trinajstić information content (AvgIpc) is 3.40. The predicted octanol–water partition coefficient (Wildman–Crippen LogP) is 6.25. The van der Waals surface area contributed by atoms with Gasteiger partial charge in [-0.25, -0.2) is 4.79 Å². The number of hydrogen-bond acceptors (Lipinski definition) is 8. The molecule has 2 aromatic rings. The molecule has 0 aromatic heterocycles. The van der Waals surface area contributed by atoms with E-state index in [2.05, 4.69) is 25.6 Å². The molecule has 36 heavy (non-hydrogen) atoms. The number of carbonyl (C=O) groups is 2. The molecule has 3 rings (SSSR count). The maximum absolute atomic E-state index is 12.7. The minimum atomic E-state index is -0.668. The van der Waals surface area contributed by atoms with E-state index >= 15 is 0 Å². The first-order valence-electron chi connectivity index (χ1n) is 11.9. The van der Waals surface area contributed by atoms with E-state index in [1.54, 1.807) is 54.7 Å². The lowest BCUT2D eigenvalue weighted by atomic mass is 10.2. The number of ether oxygens (including phenoxy) is 4. The fraction of sp³-hybridized carbons (Fsp3) is 0.429. The molecule has 1 heterocycles. The van der Waals surface area contributed by atoms with Crippen LogP contribution < -0.4 is 0 Å². The zero-order valence-corrected chi connectivity index (χ0v) is 23.0. The van der Waals surface area contributed by atoms with Crippen molar-refractivity contribution in [3.63, 3.8) is 0 Å². The first-order chi connectivity index (χ1) is 17.3. The van der Waals surface area contributed by atoms with E-state index in [0.29, 0.717) is 17.7 Å². The van der Waals surface area contributed by atoms with Crippen molar-refractivity contribution in [2.45, 2.75) is 57.2 Å². The summed E-state index contributed by atoms with van der Waals surface area (Å²) in [6.45, 7) is 10.8. The number of aryl methyl sites for hydroxylation is 1. The molecule has 0 bridgehead atoms. The van der Waals surface area contributed by atoms with E-state index < -0.39 is 30.4 Å². The molecule has 0 saturated carbocycles. The molecular weight excluding hydrogens is 496 g/mol. The normalized spacial score (nSPS) is 15.6. The van der Waals surface area contributed by atoms with Crippen LogP contribution >= 0.6 is 23.5 Å². The van der Waals surface area contributed by atoms with Crippen molar-refractivity contribution in [2.24, 2.45) is 0 Å². The number of benzene rings is 2. The van der Waals surface area contributed by atoms with Gasteiger partial charge in [-0.1, -0.05) is 67.6 Å². The molecule has 6 nitrogen and oxygen atoms in total. The van der Waals surface area contributed by atoms with E-state index in [0.717, 1.165) is 11.5 Å². The number of esters is 2. The van der Waals surface area contributed by atoms with Gasteiger partial charge in [-0.05, 0) is 26.0 Å². The maximum atomic E-state index is 12.7. The van der Waals surface area contributed by atoms with Gasteiger partial charge in [-0.3, -0.25) is 4.79 Å². The Balaban J connectivity index is 0.000000558. The minimum Gasteiger partial charge on any atom is -0.470 e. The molecule has 2 aromatic carbocycles. The monoisotopic (exact) mass is 532 g/mol. The van der Waals surface area contributed by atoms with Gasteiger partial charge < -0.3 is 18.9 Å². The van der Waals surface area contributed by atoms with Gasteiger partial charge in [-0.2, -0.15) is 0 Å². The smallest absolute Gasteiger partial charge is 0.338 e. The average molecular weight is 533 g/mol. The summed E-state index contributed by atoms with van der Waals surface area (Å²) in [6.07, 6.45) is -1.29. The molecule has 0 spiro atoms. The quantitative estimate of drug-likeness (QED) is 0.191. The third-order valence-electron chi connectivity index (χ3n) is 4.92. The van der Waals surface area contributed by atoms with E-state index in [-0.39, 0.29) is 11.2 Å². The highest BCUT2D eigenvalue weighted by Gasteiger charge is 2.39. The van der Waals surface area contributed by atoms with Crippen LogP contribution in [-0.2, 0) is 23.7 Å². The number of carbonyl (C=O) groups excluding carboxylic acids is 2. The fourth-order valence-corrected chi connectivity index (χ4v) is 6.25. The van der Waals surface area contributed by atoms with Crippen molar-refractivity contribution >= 4 is 35.5 Å². The van der Waals surface area contributed by atoms with E-state index in [4.69, 9.17) is 18.9 Å². The Kier molecular flexibility index (Phi) is 13.5. The van der Waals surface area contributed by atoms with E-state index in [1.807, 2.05) is 31.2 Å². The standard InChI is InChI=1S/C21H28O6S2.C7H8/c1-5-18(25-14(2)3)26-17(13-24-15(4)22)19(21-28-11-12-29-21)27-20(23)16-9-7-6-8-10-16;1-7-5-3-2-4-6-7/h6-10,17-19,21H,2,5,11-13H2,1,3-4H3;2-6H,1H3. The minimum absolute atomic E-state index is 0.0226. The summed E-state index contributed by atoms with van der Waals surface area (Å²) in [5.41, 5.74) is 1.78. The Morgan fingerprint density at radius 2 is 1.56 bits per heavy atom. The summed E-state index contributed by atoms with van der Waals surface area (Å²) >= 11 is 3.41. The molecule has 0 aliphatic carbocycles. The predicted molar refractivity (Wildman–Crippen MR) is 147 cm³/mol. The van der Waals surface area contributed by atoms with Crippen molar-refractivity contribution in [1.82, 2.24) is 0 Å². The maximum Gasteiger partial charge on any atom is 0.338 e. The molecule has 0 radical (unpaired) electrons. The molecule has 0 N–H and O–H groups in total. The summed E-state index contributed by atoms with van der Waals surface area (Å²) in [7, 11) is 0. The van der Waals surface area contributed by atoms with Crippen molar-refractivity contribution in [2.75, 3.05) is 18.1 Å². The van der Waals surface area contributed by atoms with Crippen LogP contribution in [0, 0.1) is 6.92 Å². The lowest BCUT2D eigenvalue weighted by molar-refractivity contribution is -0.190. The second kappa shape index (κ2) is 16.3. The molecule has 3 atom stereocenters. The Labute approximate surface area is 223 Å².